The summed E-state index contributed by atoms with van der Waals surface area (Å²) in [6, 6.07) is 24.8. The normalized spacial score (nSPS) is 12.1. The van der Waals surface area contributed by atoms with Crippen molar-refractivity contribution in [2.24, 2.45) is 0 Å². The van der Waals surface area contributed by atoms with Gasteiger partial charge in [0.05, 0.1) is 11.1 Å². The number of rotatable bonds is 9. The van der Waals surface area contributed by atoms with Gasteiger partial charge in [0.15, 0.2) is 5.78 Å². The summed E-state index contributed by atoms with van der Waals surface area (Å²) in [6.07, 6.45) is -0.0543. The van der Waals surface area contributed by atoms with Gasteiger partial charge in [-0.15, -0.1) is 11.8 Å². The highest BCUT2D eigenvalue weighted by Gasteiger charge is 2.25. The molecule has 1 N–H and O–H groups in total. The van der Waals surface area contributed by atoms with Crippen molar-refractivity contribution < 1.29 is 14.3 Å². The molecule has 6 heteroatoms. The van der Waals surface area contributed by atoms with Gasteiger partial charge in [0.2, 0.25) is 0 Å². The fraction of sp³-hybridized carbons (Fsp3) is 0.286. The first-order chi connectivity index (χ1) is 16.2. The van der Waals surface area contributed by atoms with Gasteiger partial charge in [-0.1, -0.05) is 78.3 Å². The lowest BCUT2D eigenvalue weighted by molar-refractivity contribution is -0.120. The molecule has 3 aromatic rings. The molecule has 0 heterocycles. The first-order valence-electron chi connectivity index (χ1n) is 11.2. The minimum atomic E-state index is -0.705. The predicted molar refractivity (Wildman–Crippen MR) is 139 cm³/mol. The largest absolute Gasteiger partial charge is 0.444 e. The Balaban J connectivity index is 1.68. The molecule has 0 aromatic heterocycles. The van der Waals surface area contributed by atoms with Crippen LogP contribution in [0, 0.1) is 0 Å². The van der Waals surface area contributed by atoms with Crippen molar-refractivity contribution in [1.29, 1.82) is 0 Å². The lowest BCUT2D eigenvalue weighted by Gasteiger charge is -2.23. The molecule has 178 valence electrons. The highest BCUT2D eigenvalue weighted by Crippen LogP contribution is 2.30. The summed E-state index contributed by atoms with van der Waals surface area (Å²) in [4.78, 5) is 26.6. The maximum absolute atomic E-state index is 13.2. The molecule has 3 rings (SSSR count). The molecule has 0 saturated carbocycles. The summed E-state index contributed by atoms with van der Waals surface area (Å²) in [6.45, 7) is 5.37. The van der Waals surface area contributed by atoms with E-state index in [0.717, 1.165) is 21.8 Å². The van der Waals surface area contributed by atoms with Gasteiger partial charge in [-0.2, -0.15) is 0 Å². The molecule has 1 amide bonds. The molecular formula is C28H30ClNO3S. The van der Waals surface area contributed by atoms with Crippen molar-refractivity contribution >= 4 is 35.2 Å². The van der Waals surface area contributed by atoms with Gasteiger partial charge in [0.25, 0.3) is 0 Å². The number of thioether (sulfide) groups is 1. The van der Waals surface area contributed by atoms with E-state index in [1.807, 2.05) is 66.7 Å². The van der Waals surface area contributed by atoms with Crippen molar-refractivity contribution in [3.63, 3.8) is 0 Å². The molecular weight excluding hydrogens is 466 g/mol. The molecule has 0 radical (unpaired) electrons. The molecule has 3 aromatic carbocycles. The van der Waals surface area contributed by atoms with Gasteiger partial charge in [0, 0.05) is 17.1 Å². The number of carbonyl (C=O) groups excluding carboxylic acids is 2. The average molecular weight is 496 g/mol. The number of benzene rings is 3. The maximum Gasteiger partial charge on any atom is 0.408 e. The second-order valence-corrected chi connectivity index (χ2v) is 10.5. The smallest absolute Gasteiger partial charge is 0.408 e. The van der Waals surface area contributed by atoms with Gasteiger partial charge in [-0.25, -0.2) is 4.79 Å². The number of Topliss-reactive ketones (excluding diaryl/α,β-unsaturated/α-hetero) is 1. The summed E-state index contributed by atoms with van der Waals surface area (Å²) in [5, 5.41) is 3.38. The van der Waals surface area contributed by atoms with E-state index >= 15 is 0 Å². The summed E-state index contributed by atoms with van der Waals surface area (Å²) >= 11 is 8.18. The average Bonchev–Trinajstić information content (AvgIpc) is 2.78. The number of amides is 1. The summed E-state index contributed by atoms with van der Waals surface area (Å²) in [5.74, 6) is 0.716. The highest BCUT2D eigenvalue weighted by atomic mass is 35.5. The van der Waals surface area contributed by atoms with E-state index in [1.165, 1.54) is 5.56 Å². The Morgan fingerprint density at radius 2 is 1.53 bits per heavy atom. The zero-order valence-electron chi connectivity index (χ0n) is 19.7. The first-order valence-corrected chi connectivity index (χ1v) is 12.6. The quantitative estimate of drug-likeness (QED) is 0.329. The van der Waals surface area contributed by atoms with Crippen molar-refractivity contribution in [3.8, 4) is 0 Å². The maximum atomic E-state index is 13.2. The fourth-order valence-electron chi connectivity index (χ4n) is 3.38. The molecule has 0 spiro atoms. The Hall–Kier alpha value is -2.76. The van der Waals surface area contributed by atoms with Crippen LogP contribution < -0.4 is 5.32 Å². The number of alkyl carbamates (subject to hydrolysis) is 1. The van der Waals surface area contributed by atoms with Crippen LogP contribution in [0.2, 0.25) is 5.02 Å². The molecule has 34 heavy (non-hydrogen) atoms. The molecule has 1 atom stereocenters. The van der Waals surface area contributed by atoms with Crippen LogP contribution in [0.4, 0.5) is 4.79 Å². The van der Waals surface area contributed by atoms with E-state index in [-0.39, 0.29) is 12.2 Å². The number of halogens is 1. The van der Waals surface area contributed by atoms with E-state index in [2.05, 4.69) is 17.4 Å². The molecule has 0 unspecified atom stereocenters. The van der Waals surface area contributed by atoms with E-state index < -0.39 is 17.7 Å². The third-order valence-corrected chi connectivity index (χ3v) is 6.54. The minimum Gasteiger partial charge on any atom is -0.444 e. The van der Waals surface area contributed by atoms with Gasteiger partial charge >= 0.3 is 6.09 Å². The van der Waals surface area contributed by atoms with Crippen LogP contribution in [-0.2, 0) is 28.1 Å². The molecule has 4 nitrogen and oxygen atoms in total. The van der Waals surface area contributed by atoms with Crippen molar-refractivity contribution in [2.75, 3.05) is 0 Å². The van der Waals surface area contributed by atoms with E-state index in [1.54, 1.807) is 32.5 Å². The summed E-state index contributed by atoms with van der Waals surface area (Å²) in [5.41, 5.74) is 2.34. The van der Waals surface area contributed by atoms with Crippen molar-refractivity contribution in [2.45, 2.75) is 55.9 Å². The minimum absolute atomic E-state index is 0.101. The first kappa shape index (κ1) is 25.9. The van der Waals surface area contributed by atoms with Gasteiger partial charge in [-0.3, -0.25) is 4.79 Å². The van der Waals surface area contributed by atoms with Crippen molar-refractivity contribution in [3.05, 3.63) is 101 Å². The Morgan fingerprint density at radius 1 is 0.912 bits per heavy atom. The second-order valence-electron chi connectivity index (χ2n) is 9.07. The Bertz CT molecular complexity index is 1100. The number of nitrogens with one attached hydrogen (secondary N) is 1. The molecule has 0 saturated heterocycles. The van der Waals surface area contributed by atoms with Gasteiger partial charge < -0.3 is 10.1 Å². The predicted octanol–water partition coefficient (Wildman–Crippen LogP) is 6.88. The monoisotopic (exact) mass is 495 g/mol. The molecule has 0 aliphatic heterocycles. The molecule has 0 aliphatic rings. The number of hydrogen-bond donors (Lipinski definition) is 1. The lowest BCUT2D eigenvalue weighted by Crippen LogP contribution is -2.45. The van der Waals surface area contributed by atoms with Crippen LogP contribution in [0.1, 0.15) is 37.5 Å². The molecule has 0 bridgehead atoms. The SMILES string of the molecule is CC(C)(C)OC(=O)N[C@@H](Cc1ccccc1)C(=O)Cc1ccc(SCc2ccccc2)c(Cl)c1. The van der Waals surface area contributed by atoms with Crippen LogP contribution >= 0.6 is 23.4 Å². The van der Waals surface area contributed by atoms with Crippen LogP contribution in [0.25, 0.3) is 0 Å². The van der Waals surface area contributed by atoms with E-state index in [9.17, 15) is 9.59 Å². The number of hydrogen-bond acceptors (Lipinski definition) is 4. The highest BCUT2D eigenvalue weighted by molar-refractivity contribution is 7.98. The Morgan fingerprint density at radius 3 is 2.12 bits per heavy atom. The van der Waals surface area contributed by atoms with Crippen LogP contribution in [0.5, 0.6) is 0 Å². The third-order valence-electron chi connectivity index (χ3n) is 4.97. The zero-order valence-corrected chi connectivity index (χ0v) is 21.3. The topological polar surface area (TPSA) is 55.4 Å². The van der Waals surface area contributed by atoms with Crippen molar-refractivity contribution in [1.82, 2.24) is 5.32 Å². The number of ketones is 1. The standard InChI is InChI=1S/C28H30ClNO3S/c1-28(2,3)33-27(32)30-24(17-20-10-6-4-7-11-20)25(31)18-22-14-15-26(23(29)16-22)34-19-21-12-8-5-9-13-21/h4-16,24H,17-19H2,1-3H3,(H,30,32)/t24-/m0/s1. The molecule has 0 aliphatic carbocycles. The third kappa shape index (κ3) is 8.54. The van der Waals surface area contributed by atoms with Gasteiger partial charge in [-0.05, 0) is 56.0 Å². The summed E-state index contributed by atoms with van der Waals surface area (Å²) in [7, 11) is 0. The van der Waals surface area contributed by atoms with Crippen LogP contribution in [0.3, 0.4) is 0 Å². The fourth-order valence-corrected chi connectivity index (χ4v) is 4.62. The Kier molecular flexibility index (Phi) is 9.20. The Labute approximate surface area is 211 Å². The van der Waals surface area contributed by atoms with Gasteiger partial charge in [0.1, 0.15) is 5.60 Å². The zero-order chi connectivity index (χ0) is 24.6. The number of carbonyl (C=O) groups is 2. The summed E-state index contributed by atoms with van der Waals surface area (Å²) < 4.78 is 5.38. The molecule has 0 fully saturated rings. The lowest BCUT2D eigenvalue weighted by atomic mass is 9.98. The van der Waals surface area contributed by atoms with E-state index in [4.69, 9.17) is 16.3 Å². The number of ether oxygens (including phenoxy) is 1. The second kappa shape index (κ2) is 12.1. The van der Waals surface area contributed by atoms with Crippen LogP contribution in [0.15, 0.2) is 83.8 Å². The van der Waals surface area contributed by atoms with E-state index in [0.29, 0.717) is 11.4 Å². The van der Waals surface area contributed by atoms with Crippen LogP contribution in [-0.4, -0.2) is 23.5 Å².